The summed E-state index contributed by atoms with van der Waals surface area (Å²) in [6, 6.07) is -0.647. The average Bonchev–Trinajstić information content (AvgIpc) is 2.71. The van der Waals surface area contributed by atoms with Crippen molar-refractivity contribution in [1.82, 2.24) is 9.96 Å². The molecular weight excluding hydrogens is 224 g/mol. The summed E-state index contributed by atoms with van der Waals surface area (Å²) in [5, 5.41) is 10.3. The van der Waals surface area contributed by atoms with E-state index in [1.54, 1.807) is 0 Å². The molecule has 1 N–H and O–H groups in total. The fourth-order valence-electron chi connectivity index (χ4n) is 2.33. The van der Waals surface area contributed by atoms with Crippen LogP contribution >= 0.6 is 0 Å². The number of carbonyl (C=O) groups excluding carboxylic acids is 1. The first-order valence-electron chi connectivity index (χ1n) is 5.85. The Morgan fingerprint density at radius 3 is 2.59 bits per heavy atom. The highest BCUT2D eigenvalue weighted by Crippen LogP contribution is 2.28. The molecule has 17 heavy (non-hydrogen) atoms. The Kier molecular flexibility index (Phi) is 4.74. The Bertz CT molecular complexity index is 295. The largest absolute Gasteiger partial charge is 0.465 e. The molecule has 0 aromatic heterocycles. The summed E-state index contributed by atoms with van der Waals surface area (Å²) in [6.45, 7) is 2.01. The molecular formula is C11H20N2O4. The molecule has 0 bridgehead atoms. The second kappa shape index (κ2) is 5.86. The maximum Gasteiger partial charge on any atom is 0.408 e. The lowest BCUT2D eigenvalue weighted by Gasteiger charge is -2.28. The van der Waals surface area contributed by atoms with Crippen molar-refractivity contribution in [2.24, 2.45) is 0 Å². The van der Waals surface area contributed by atoms with Crippen LogP contribution in [0.15, 0.2) is 0 Å². The molecule has 0 aromatic carbocycles. The van der Waals surface area contributed by atoms with Gasteiger partial charge in [-0.25, -0.2) is 9.86 Å². The third kappa shape index (κ3) is 2.88. The Labute approximate surface area is 101 Å². The minimum atomic E-state index is -1.02. The number of nitrogens with zero attached hydrogens (tertiary/aromatic N) is 2. The number of carbonyl (C=O) groups is 2. The van der Waals surface area contributed by atoms with E-state index < -0.39 is 12.1 Å². The maximum atomic E-state index is 11.9. The molecule has 2 amide bonds. The van der Waals surface area contributed by atoms with Gasteiger partial charge < -0.3 is 5.11 Å². The molecule has 1 aliphatic rings. The summed E-state index contributed by atoms with van der Waals surface area (Å²) < 4.78 is 0. The van der Waals surface area contributed by atoms with E-state index in [2.05, 4.69) is 0 Å². The van der Waals surface area contributed by atoms with Gasteiger partial charge in [0.25, 0.3) is 5.91 Å². The zero-order valence-corrected chi connectivity index (χ0v) is 10.5. The van der Waals surface area contributed by atoms with Crippen molar-refractivity contribution in [3.05, 3.63) is 0 Å². The van der Waals surface area contributed by atoms with E-state index in [1.165, 1.54) is 19.1 Å². The molecule has 6 nitrogen and oxygen atoms in total. The van der Waals surface area contributed by atoms with Gasteiger partial charge in [0.1, 0.15) is 6.04 Å². The van der Waals surface area contributed by atoms with Crippen molar-refractivity contribution in [3.63, 3.8) is 0 Å². The van der Waals surface area contributed by atoms with E-state index in [9.17, 15) is 14.7 Å². The van der Waals surface area contributed by atoms with Gasteiger partial charge in [-0.3, -0.25) is 14.5 Å². The summed E-state index contributed by atoms with van der Waals surface area (Å²) in [6.07, 6.45) is 2.00. The second-order valence-electron chi connectivity index (χ2n) is 4.24. The van der Waals surface area contributed by atoms with E-state index in [0.29, 0.717) is 6.42 Å². The Hall–Kier alpha value is -1.30. The van der Waals surface area contributed by atoms with Crippen LogP contribution in [0.5, 0.6) is 0 Å². The lowest BCUT2D eigenvalue weighted by molar-refractivity contribution is -0.173. The third-order valence-electron chi connectivity index (χ3n) is 3.21. The number of hydroxylamine groups is 2. The summed E-state index contributed by atoms with van der Waals surface area (Å²) in [5.41, 5.74) is 0. The van der Waals surface area contributed by atoms with Gasteiger partial charge >= 0.3 is 6.09 Å². The van der Waals surface area contributed by atoms with Crippen LogP contribution in [-0.4, -0.2) is 53.3 Å². The molecule has 0 spiro atoms. The van der Waals surface area contributed by atoms with E-state index in [4.69, 9.17) is 4.84 Å². The molecule has 0 aromatic rings. The normalized spacial score (nSPS) is 23.8. The van der Waals surface area contributed by atoms with Crippen LogP contribution in [0.2, 0.25) is 0 Å². The van der Waals surface area contributed by atoms with Gasteiger partial charge in [0.2, 0.25) is 0 Å². The fraction of sp³-hybridized carbons (Fsp3) is 0.818. The highest BCUT2D eigenvalue weighted by Gasteiger charge is 2.41. The van der Waals surface area contributed by atoms with Crippen LogP contribution in [0.3, 0.4) is 0 Å². The van der Waals surface area contributed by atoms with Crippen molar-refractivity contribution in [3.8, 4) is 0 Å². The number of carboxylic acid groups (broad SMARTS) is 1. The molecule has 2 atom stereocenters. The van der Waals surface area contributed by atoms with Gasteiger partial charge in [0, 0.05) is 13.1 Å². The predicted molar refractivity (Wildman–Crippen MR) is 61.4 cm³/mol. The predicted octanol–water partition coefficient (Wildman–Crippen LogP) is 1.32. The number of hydrogen-bond acceptors (Lipinski definition) is 3. The first-order valence-corrected chi connectivity index (χ1v) is 5.85. The molecule has 0 radical (unpaired) electrons. The van der Waals surface area contributed by atoms with Crippen molar-refractivity contribution in [1.29, 1.82) is 0 Å². The molecule has 1 saturated heterocycles. The van der Waals surface area contributed by atoms with Crippen molar-refractivity contribution < 1.29 is 19.5 Å². The minimum Gasteiger partial charge on any atom is -0.465 e. The number of amides is 2. The molecule has 0 saturated carbocycles. The van der Waals surface area contributed by atoms with Gasteiger partial charge in [-0.15, -0.1) is 0 Å². The van der Waals surface area contributed by atoms with Crippen LogP contribution in [0.25, 0.3) is 0 Å². The molecule has 0 unspecified atom stereocenters. The molecule has 0 aliphatic carbocycles. The van der Waals surface area contributed by atoms with Crippen LogP contribution in [-0.2, 0) is 9.63 Å². The number of rotatable bonds is 4. The molecule has 1 fully saturated rings. The highest BCUT2D eigenvalue weighted by atomic mass is 16.7. The quantitative estimate of drug-likeness (QED) is 0.757. The summed E-state index contributed by atoms with van der Waals surface area (Å²) in [7, 11) is 2.89. The zero-order chi connectivity index (χ0) is 13.0. The number of likely N-dealkylation sites (tertiary alicyclic amines) is 1. The van der Waals surface area contributed by atoms with E-state index in [1.807, 2.05) is 6.92 Å². The van der Waals surface area contributed by atoms with E-state index >= 15 is 0 Å². The summed E-state index contributed by atoms with van der Waals surface area (Å²) >= 11 is 0. The van der Waals surface area contributed by atoms with Gasteiger partial charge in [-0.05, 0) is 19.3 Å². The first kappa shape index (κ1) is 13.8. The fourth-order valence-corrected chi connectivity index (χ4v) is 2.33. The standard InChI is InChI=1S/C11H20N2O4/c1-4-5-8-6-7-9(13(8)11(15)16)10(14)12(2)17-3/h8-9H,4-7H2,1-3H3,(H,15,16)/t8-,9+/m1/s1. The van der Waals surface area contributed by atoms with Gasteiger partial charge in [-0.1, -0.05) is 13.3 Å². The minimum absolute atomic E-state index is 0.0447. The third-order valence-corrected chi connectivity index (χ3v) is 3.21. The number of likely N-dealkylation sites (N-methyl/N-ethyl adjacent to an activating group) is 1. The molecule has 1 rings (SSSR count). The average molecular weight is 244 g/mol. The molecule has 1 aliphatic heterocycles. The van der Waals surface area contributed by atoms with Crippen molar-refractivity contribution in [2.75, 3.05) is 14.2 Å². The number of hydrogen-bond donors (Lipinski definition) is 1. The first-order chi connectivity index (χ1) is 8.02. The summed E-state index contributed by atoms with van der Waals surface area (Å²) in [4.78, 5) is 29.3. The summed E-state index contributed by atoms with van der Waals surface area (Å²) in [5.74, 6) is -0.298. The Morgan fingerprint density at radius 1 is 1.47 bits per heavy atom. The zero-order valence-electron chi connectivity index (χ0n) is 10.5. The second-order valence-corrected chi connectivity index (χ2v) is 4.24. The Morgan fingerprint density at radius 2 is 2.12 bits per heavy atom. The van der Waals surface area contributed by atoms with E-state index in [-0.39, 0.29) is 11.9 Å². The lowest BCUT2D eigenvalue weighted by atomic mass is 10.1. The van der Waals surface area contributed by atoms with Gasteiger partial charge in [0.05, 0.1) is 7.11 Å². The Balaban J connectivity index is 2.79. The molecule has 1 heterocycles. The van der Waals surface area contributed by atoms with Gasteiger partial charge in [-0.2, -0.15) is 0 Å². The van der Waals surface area contributed by atoms with Gasteiger partial charge in [0.15, 0.2) is 0 Å². The smallest absolute Gasteiger partial charge is 0.408 e. The maximum absolute atomic E-state index is 11.9. The van der Waals surface area contributed by atoms with Crippen LogP contribution < -0.4 is 0 Å². The van der Waals surface area contributed by atoms with E-state index in [0.717, 1.165) is 24.3 Å². The molecule has 98 valence electrons. The molecule has 6 heteroatoms. The highest BCUT2D eigenvalue weighted by molar-refractivity contribution is 5.85. The van der Waals surface area contributed by atoms with Crippen molar-refractivity contribution in [2.45, 2.75) is 44.7 Å². The SMILES string of the molecule is CCC[C@@H]1CC[C@@H](C(=O)N(C)OC)N1C(=O)O. The van der Waals surface area contributed by atoms with Crippen LogP contribution in [0.4, 0.5) is 4.79 Å². The van der Waals surface area contributed by atoms with Crippen LogP contribution in [0, 0.1) is 0 Å². The topological polar surface area (TPSA) is 70.1 Å². The monoisotopic (exact) mass is 244 g/mol. The van der Waals surface area contributed by atoms with Crippen LogP contribution in [0.1, 0.15) is 32.6 Å². The van der Waals surface area contributed by atoms with Crippen molar-refractivity contribution >= 4 is 12.0 Å². The lowest BCUT2D eigenvalue weighted by Crippen LogP contribution is -2.48.